The minimum absolute atomic E-state index is 0.105. The Labute approximate surface area is 118 Å². The molecule has 1 aromatic carbocycles. The van der Waals surface area contributed by atoms with E-state index >= 15 is 0 Å². The van der Waals surface area contributed by atoms with E-state index in [1.54, 1.807) is 6.07 Å². The number of nitrogens with one attached hydrogen (secondary N) is 1. The van der Waals surface area contributed by atoms with Gasteiger partial charge >= 0.3 is 0 Å². The van der Waals surface area contributed by atoms with Crippen molar-refractivity contribution in [1.29, 1.82) is 0 Å². The van der Waals surface area contributed by atoms with Gasteiger partial charge in [-0.05, 0) is 33.6 Å². The lowest BCUT2D eigenvalue weighted by atomic mass is 10.1. The average Bonchev–Trinajstić information content (AvgIpc) is 2.77. The molecular weight excluding hydrogens is 310 g/mol. The number of amides is 1. The van der Waals surface area contributed by atoms with Gasteiger partial charge in [-0.15, -0.1) is 11.3 Å². The zero-order chi connectivity index (χ0) is 13.0. The molecule has 2 rings (SSSR count). The maximum Gasteiger partial charge on any atom is 0.265 e. The van der Waals surface area contributed by atoms with Gasteiger partial charge in [-0.3, -0.25) is 4.79 Å². The van der Waals surface area contributed by atoms with E-state index < -0.39 is 0 Å². The van der Waals surface area contributed by atoms with Gasteiger partial charge in [0.1, 0.15) is 0 Å². The summed E-state index contributed by atoms with van der Waals surface area (Å²) in [7, 11) is 0. The number of rotatable bonds is 4. The lowest BCUT2D eigenvalue weighted by Gasteiger charge is -2.07. The van der Waals surface area contributed by atoms with Gasteiger partial charge in [0.2, 0.25) is 0 Å². The van der Waals surface area contributed by atoms with Gasteiger partial charge in [-0.1, -0.05) is 36.9 Å². The highest BCUT2D eigenvalue weighted by Gasteiger charge is 2.09. The first-order chi connectivity index (χ1) is 8.65. The second-order valence-electron chi connectivity index (χ2n) is 3.82. The van der Waals surface area contributed by atoms with Gasteiger partial charge in [0, 0.05) is 12.1 Å². The molecule has 0 aliphatic rings. The number of halogens is 1. The van der Waals surface area contributed by atoms with Crippen LogP contribution in [-0.2, 0) is 6.42 Å². The van der Waals surface area contributed by atoms with Crippen LogP contribution >= 0.6 is 27.3 Å². The second kappa shape index (κ2) is 5.98. The molecule has 0 fully saturated rings. The van der Waals surface area contributed by atoms with Crippen molar-refractivity contribution < 1.29 is 4.79 Å². The van der Waals surface area contributed by atoms with Crippen molar-refractivity contribution in [2.75, 3.05) is 0 Å². The summed E-state index contributed by atoms with van der Waals surface area (Å²) in [4.78, 5) is 12.6. The van der Waals surface area contributed by atoms with E-state index in [0.717, 1.165) is 9.35 Å². The van der Waals surface area contributed by atoms with Crippen LogP contribution in [0.1, 0.15) is 15.2 Å². The third-order valence-corrected chi connectivity index (χ3v) is 3.97. The van der Waals surface area contributed by atoms with Crippen molar-refractivity contribution in [2.45, 2.75) is 6.42 Å². The molecular formula is C14H12BrNOS. The topological polar surface area (TPSA) is 29.1 Å². The molecule has 0 spiro atoms. The molecule has 2 aromatic rings. The van der Waals surface area contributed by atoms with Gasteiger partial charge in [-0.2, -0.15) is 0 Å². The summed E-state index contributed by atoms with van der Waals surface area (Å²) < 4.78 is 0.946. The van der Waals surface area contributed by atoms with Crippen LogP contribution in [0.2, 0.25) is 0 Å². The molecule has 0 aliphatic heterocycles. The molecule has 0 aliphatic carbocycles. The van der Waals surface area contributed by atoms with Crippen molar-refractivity contribution in [3.05, 3.63) is 69.0 Å². The zero-order valence-electron chi connectivity index (χ0n) is 9.65. The van der Waals surface area contributed by atoms with E-state index in [2.05, 4.69) is 27.8 Å². The number of hydrogen-bond donors (Lipinski definition) is 1. The van der Waals surface area contributed by atoms with Gasteiger partial charge in [-0.25, -0.2) is 0 Å². The number of carbonyl (C=O) groups excluding carboxylic acids is 1. The summed E-state index contributed by atoms with van der Waals surface area (Å²) in [5, 5.41) is 2.81. The monoisotopic (exact) mass is 321 g/mol. The summed E-state index contributed by atoms with van der Waals surface area (Å²) in [6, 6.07) is 13.6. The molecule has 1 N–H and O–H groups in total. The molecule has 1 amide bonds. The molecule has 0 saturated heterocycles. The van der Waals surface area contributed by atoms with Crippen molar-refractivity contribution in [1.82, 2.24) is 5.32 Å². The van der Waals surface area contributed by atoms with Crippen molar-refractivity contribution in [3.8, 4) is 0 Å². The van der Waals surface area contributed by atoms with Crippen LogP contribution in [0, 0.1) is 0 Å². The van der Waals surface area contributed by atoms with Crippen molar-refractivity contribution in [3.63, 3.8) is 0 Å². The summed E-state index contributed by atoms with van der Waals surface area (Å²) in [5.41, 5.74) is 1.84. The maximum absolute atomic E-state index is 11.9. The van der Waals surface area contributed by atoms with Crippen LogP contribution < -0.4 is 5.32 Å². The first-order valence-corrected chi connectivity index (χ1v) is 7.04. The minimum Gasteiger partial charge on any atom is -0.325 e. The number of hydrogen-bond acceptors (Lipinski definition) is 2. The highest BCUT2D eigenvalue weighted by molar-refractivity contribution is 9.11. The van der Waals surface area contributed by atoms with E-state index in [4.69, 9.17) is 0 Å². The summed E-state index contributed by atoms with van der Waals surface area (Å²) in [6.07, 6.45) is 0.652. The molecule has 2 nitrogen and oxygen atoms in total. The highest BCUT2D eigenvalue weighted by atomic mass is 79.9. The Hall–Kier alpha value is -1.39. The minimum atomic E-state index is -0.105. The number of thiophene rings is 1. The Morgan fingerprint density at radius 3 is 2.56 bits per heavy atom. The van der Waals surface area contributed by atoms with Gasteiger partial charge in [0.25, 0.3) is 5.91 Å². The summed E-state index contributed by atoms with van der Waals surface area (Å²) in [6.45, 7) is 3.88. The Morgan fingerprint density at radius 1 is 1.22 bits per heavy atom. The van der Waals surface area contributed by atoms with E-state index in [-0.39, 0.29) is 5.91 Å². The van der Waals surface area contributed by atoms with Gasteiger partial charge < -0.3 is 5.32 Å². The summed E-state index contributed by atoms with van der Waals surface area (Å²) in [5.74, 6) is -0.105. The molecule has 0 saturated carbocycles. The molecule has 0 atom stereocenters. The third-order valence-electron chi connectivity index (χ3n) is 2.35. The number of carbonyl (C=O) groups is 1. The predicted octanol–water partition coefficient (Wildman–Crippen LogP) is 4.00. The lowest BCUT2D eigenvalue weighted by Crippen LogP contribution is -2.22. The largest absolute Gasteiger partial charge is 0.325 e. The fourth-order valence-electron chi connectivity index (χ4n) is 1.54. The third kappa shape index (κ3) is 3.55. The molecule has 0 radical (unpaired) electrons. The van der Waals surface area contributed by atoms with Gasteiger partial charge in [0.15, 0.2) is 0 Å². The average molecular weight is 322 g/mol. The van der Waals surface area contributed by atoms with Crippen LogP contribution in [0.4, 0.5) is 0 Å². The molecule has 92 valence electrons. The smallest absolute Gasteiger partial charge is 0.265 e. The molecule has 0 unspecified atom stereocenters. The quantitative estimate of drug-likeness (QED) is 0.906. The first-order valence-electron chi connectivity index (χ1n) is 5.43. The van der Waals surface area contributed by atoms with Crippen molar-refractivity contribution >= 4 is 33.2 Å². The lowest BCUT2D eigenvalue weighted by molar-refractivity contribution is 0.0969. The predicted molar refractivity (Wildman–Crippen MR) is 78.8 cm³/mol. The van der Waals surface area contributed by atoms with Crippen LogP contribution in [-0.4, -0.2) is 5.91 Å². The molecule has 1 aromatic heterocycles. The van der Waals surface area contributed by atoms with Gasteiger partial charge in [0.05, 0.1) is 8.66 Å². The van der Waals surface area contributed by atoms with E-state index in [1.165, 1.54) is 11.3 Å². The standard InChI is InChI=1S/C14H12BrNOS/c1-10(9-11-5-3-2-4-6-11)16-14(17)12-7-8-13(15)18-12/h2-8H,1,9H2,(H,16,17). The van der Waals surface area contributed by atoms with Crippen LogP contribution in [0.25, 0.3) is 0 Å². The number of benzene rings is 1. The fourth-order valence-corrected chi connectivity index (χ4v) is 2.83. The fraction of sp³-hybridized carbons (Fsp3) is 0.0714. The van der Waals surface area contributed by atoms with Crippen molar-refractivity contribution in [2.24, 2.45) is 0 Å². The molecule has 0 bridgehead atoms. The Kier molecular flexibility index (Phi) is 4.33. The molecule has 4 heteroatoms. The van der Waals surface area contributed by atoms with Crippen LogP contribution in [0.5, 0.6) is 0 Å². The second-order valence-corrected chi connectivity index (χ2v) is 6.29. The molecule has 18 heavy (non-hydrogen) atoms. The summed E-state index contributed by atoms with van der Waals surface area (Å²) >= 11 is 4.74. The van der Waals surface area contributed by atoms with E-state index in [1.807, 2.05) is 36.4 Å². The Morgan fingerprint density at radius 2 is 1.94 bits per heavy atom. The zero-order valence-corrected chi connectivity index (χ0v) is 12.1. The SMILES string of the molecule is C=C(Cc1ccccc1)NC(=O)c1ccc(Br)s1. The Balaban J connectivity index is 1.94. The van der Waals surface area contributed by atoms with E-state index in [0.29, 0.717) is 17.0 Å². The highest BCUT2D eigenvalue weighted by Crippen LogP contribution is 2.22. The number of allylic oxidation sites excluding steroid dienone is 1. The normalized spacial score (nSPS) is 10.1. The van der Waals surface area contributed by atoms with E-state index in [9.17, 15) is 4.79 Å². The maximum atomic E-state index is 11.9. The van der Waals surface area contributed by atoms with Crippen LogP contribution in [0.15, 0.2) is 58.5 Å². The first kappa shape index (κ1) is 13.1. The van der Waals surface area contributed by atoms with Crippen LogP contribution in [0.3, 0.4) is 0 Å². The Bertz CT molecular complexity index is 562. The molecule has 1 heterocycles.